The lowest BCUT2D eigenvalue weighted by Gasteiger charge is -2.33. The Morgan fingerprint density at radius 1 is 1.25 bits per heavy atom. The zero-order valence-electron chi connectivity index (χ0n) is 15.9. The fourth-order valence-electron chi connectivity index (χ4n) is 3.04. The summed E-state index contributed by atoms with van der Waals surface area (Å²) in [6, 6.07) is 7.95. The van der Waals surface area contributed by atoms with Crippen molar-refractivity contribution in [2.24, 2.45) is 0 Å². The average molecular weight is 385 g/mol. The monoisotopic (exact) mass is 385 g/mol. The highest BCUT2D eigenvalue weighted by atomic mass is 16.6. The largest absolute Gasteiger partial charge is 0.490 e. The number of pyridine rings is 1. The van der Waals surface area contributed by atoms with Crippen LogP contribution >= 0.6 is 0 Å². The second-order valence-corrected chi connectivity index (χ2v) is 6.64. The average Bonchev–Trinajstić information content (AvgIpc) is 2.72. The van der Waals surface area contributed by atoms with Gasteiger partial charge < -0.3 is 19.9 Å². The fourth-order valence-corrected chi connectivity index (χ4v) is 3.04. The Labute approximate surface area is 163 Å². The topological polar surface area (TPSA) is 101 Å². The van der Waals surface area contributed by atoms with Gasteiger partial charge in [-0.3, -0.25) is 14.9 Å². The molecule has 9 heteroatoms. The number of ether oxygens (including phenoxy) is 1. The van der Waals surface area contributed by atoms with Crippen LogP contribution in [0.3, 0.4) is 0 Å². The molecular weight excluding hydrogens is 362 g/mol. The van der Waals surface area contributed by atoms with E-state index in [0.717, 1.165) is 37.6 Å². The van der Waals surface area contributed by atoms with E-state index in [4.69, 9.17) is 4.74 Å². The fraction of sp³-hybridized carbons (Fsp3) is 0.368. The number of likely N-dealkylation sites (N-methyl/N-ethyl adjacent to an activating group) is 1. The number of anilines is 1. The van der Waals surface area contributed by atoms with Gasteiger partial charge in [0, 0.05) is 50.6 Å². The second kappa shape index (κ2) is 8.66. The van der Waals surface area contributed by atoms with Crippen LogP contribution in [0.1, 0.15) is 15.9 Å². The number of hydrogen-bond donors (Lipinski definition) is 1. The number of carbonyl (C=O) groups excluding carboxylic acids is 1. The minimum Gasteiger partial charge on any atom is -0.490 e. The molecule has 1 aromatic carbocycles. The molecule has 3 rings (SSSR count). The molecule has 1 fully saturated rings. The molecule has 0 aliphatic carbocycles. The van der Waals surface area contributed by atoms with Gasteiger partial charge in [-0.05, 0) is 36.9 Å². The summed E-state index contributed by atoms with van der Waals surface area (Å²) in [4.78, 5) is 31.9. The van der Waals surface area contributed by atoms with E-state index in [1.807, 2.05) is 12.1 Å². The molecule has 2 heterocycles. The number of nitrogens with zero attached hydrogens (tertiary/aromatic N) is 4. The van der Waals surface area contributed by atoms with Crippen LogP contribution in [0.2, 0.25) is 0 Å². The van der Waals surface area contributed by atoms with Gasteiger partial charge in [0.2, 0.25) is 0 Å². The molecule has 148 valence electrons. The Bertz CT molecular complexity index is 865. The minimum absolute atomic E-state index is 0.118. The molecule has 0 unspecified atom stereocenters. The number of hydrogen-bond acceptors (Lipinski definition) is 7. The summed E-state index contributed by atoms with van der Waals surface area (Å²) in [5, 5.41) is 13.9. The number of nitrogens with one attached hydrogen (secondary N) is 1. The third kappa shape index (κ3) is 4.55. The highest BCUT2D eigenvalue weighted by molar-refractivity contribution is 5.95. The first kappa shape index (κ1) is 19.6. The lowest BCUT2D eigenvalue weighted by molar-refractivity contribution is -0.385. The molecule has 1 N–H and O–H groups in total. The molecule has 1 aliphatic heterocycles. The van der Waals surface area contributed by atoms with E-state index in [9.17, 15) is 14.9 Å². The van der Waals surface area contributed by atoms with Crippen molar-refractivity contribution in [1.82, 2.24) is 15.2 Å². The first-order chi connectivity index (χ1) is 13.5. The lowest BCUT2D eigenvalue weighted by atomic mass is 10.1. The third-order valence-corrected chi connectivity index (χ3v) is 4.73. The number of nitro benzene ring substituents is 1. The molecule has 1 aromatic heterocycles. The van der Waals surface area contributed by atoms with Crippen molar-refractivity contribution in [3.63, 3.8) is 0 Å². The smallest absolute Gasteiger partial charge is 0.311 e. The Morgan fingerprint density at radius 2 is 2.00 bits per heavy atom. The summed E-state index contributed by atoms with van der Waals surface area (Å²) >= 11 is 0. The van der Waals surface area contributed by atoms with Crippen LogP contribution in [-0.4, -0.2) is 61.1 Å². The molecule has 0 saturated carbocycles. The number of piperazine rings is 1. The summed E-state index contributed by atoms with van der Waals surface area (Å²) in [5.74, 6) is 0.621. The summed E-state index contributed by atoms with van der Waals surface area (Å²) in [7, 11) is 3.45. The van der Waals surface area contributed by atoms with Gasteiger partial charge in [-0.2, -0.15) is 0 Å². The maximum atomic E-state index is 12.4. The van der Waals surface area contributed by atoms with Crippen LogP contribution in [0.5, 0.6) is 5.75 Å². The van der Waals surface area contributed by atoms with Crippen molar-refractivity contribution >= 4 is 17.4 Å². The van der Waals surface area contributed by atoms with Crippen molar-refractivity contribution in [3.05, 3.63) is 57.8 Å². The predicted molar refractivity (Wildman–Crippen MR) is 105 cm³/mol. The Morgan fingerprint density at radius 3 is 2.68 bits per heavy atom. The van der Waals surface area contributed by atoms with Crippen molar-refractivity contribution in [1.29, 1.82) is 0 Å². The molecule has 0 radical (unpaired) electrons. The number of aromatic nitrogens is 1. The zero-order valence-corrected chi connectivity index (χ0v) is 15.9. The van der Waals surface area contributed by atoms with E-state index in [-0.39, 0.29) is 22.9 Å². The molecule has 9 nitrogen and oxygen atoms in total. The molecular formula is C19H23N5O4. The number of rotatable bonds is 6. The van der Waals surface area contributed by atoms with E-state index in [2.05, 4.69) is 27.1 Å². The SMILES string of the molecule is COc1ccc(C(=O)NCc2ccnc(N3CCN(C)CC3)c2)cc1[N+](=O)[O-]. The van der Waals surface area contributed by atoms with Crippen LogP contribution in [0.4, 0.5) is 11.5 Å². The Balaban J connectivity index is 1.66. The van der Waals surface area contributed by atoms with E-state index in [0.29, 0.717) is 6.54 Å². The van der Waals surface area contributed by atoms with Gasteiger partial charge in [0.05, 0.1) is 12.0 Å². The quantitative estimate of drug-likeness (QED) is 0.596. The molecule has 0 spiro atoms. The summed E-state index contributed by atoms with van der Waals surface area (Å²) in [6.07, 6.45) is 1.73. The van der Waals surface area contributed by atoms with Gasteiger partial charge in [0.15, 0.2) is 5.75 Å². The van der Waals surface area contributed by atoms with Crippen molar-refractivity contribution in [3.8, 4) is 5.75 Å². The normalized spacial score (nSPS) is 14.6. The van der Waals surface area contributed by atoms with Crippen molar-refractivity contribution in [2.75, 3.05) is 45.2 Å². The van der Waals surface area contributed by atoms with Gasteiger partial charge in [0.1, 0.15) is 5.82 Å². The standard InChI is InChI=1S/C19H23N5O4/c1-22-7-9-23(10-8-22)18-11-14(5-6-20-18)13-21-19(25)15-3-4-17(28-2)16(12-15)24(26)27/h3-6,11-12H,7-10,13H2,1-2H3,(H,21,25). The number of carbonyl (C=O) groups is 1. The van der Waals surface area contributed by atoms with Gasteiger partial charge in [-0.1, -0.05) is 0 Å². The van der Waals surface area contributed by atoms with Crippen LogP contribution in [-0.2, 0) is 6.54 Å². The number of benzene rings is 1. The van der Waals surface area contributed by atoms with Crippen LogP contribution in [0.15, 0.2) is 36.5 Å². The van der Waals surface area contributed by atoms with E-state index in [1.165, 1.54) is 25.3 Å². The molecule has 2 aromatic rings. The van der Waals surface area contributed by atoms with Gasteiger partial charge in [-0.25, -0.2) is 4.98 Å². The van der Waals surface area contributed by atoms with E-state index < -0.39 is 4.92 Å². The highest BCUT2D eigenvalue weighted by Gasteiger charge is 2.18. The molecule has 1 aliphatic rings. The molecule has 1 saturated heterocycles. The van der Waals surface area contributed by atoms with E-state index in [1.54, 1.807) is 6.20 Å². The Hall–Kier alpha value is -3.20. The van der Waals surface area contributed by atoms with Gasteiger partial charge in [-0.15, -0.1) is 0 Å². The number of methoxy groups -OCH3 is 1. The lowest BCUT2D eigenvalue weighted by Crippen LogP contribution is -2.44. The van der Waals surface area contributed by atoms with E-state index >= 15 is 0 Å². The molecule has 28 heavy (non-hydrogen) atoms. The summed E-state index contributed by atoms with van der Waals surface area (Å²) < 4.78 is 4.96. The van der Waals surface area contributed by atoms with Crippen LogP contribution in [0.25, 0.3) is 0 Å². The van der Waals surface area contributed by atoms with Gasteiger partial charge in [0.25, 0.3) is 5.91 Å². The van der Waals surface area contributed by atoms with Crippen molar-refractivity contribution < 1.29 is 14.5 Å². The number of amides is 1. The minimum atomic E-state index is -0.569. The maximum Gasteiger partial charge on any atom is 0.311 e. The van der Waals surface area contributed by atoms with Gasteiger partial charge >= 0.3 is 5.69 Å². The second-order valence-electron chi connectivity index (χ2n) is 6.64. The van der Waals surface area contributed by atoms with Crippen LogP contribution < -0.4 is 15.0 Å². The first-order valence-corrected chi connectivity index (χ1v) is 8.97. The highest BCUT2D eigenvalue weighted by Crippen LogP contribution is 2.27. The summed E-state index contributed by atoms with van der Waals surface area (Å²) in [5.41, 5.74) is 0.887. The maximum absolute atomic E-state index is 12.4. The zero-order chi connectivity index (χ0) is 20.1. The predicted octanol–water partition coefficient (Wildman–Crippen LogP) is 1.68. The van der Waals surface area contributed by atoms with Crippen LogP contribution in [0, 0.1) is 10.1 Å². The molecule has 0 bridgehead atoms. The first-order valence-electron chi connectivity index (χ1n) is 8.97. The Kier molecular flexibility index (Phi) is 6.05. The third-order valence-electron chi connectivity index (χ3n) is 4.73. The van der Waals surface area contributed by atoms with Crippen molar-refractivity contribution in [2.45, 2.75) is 6.54 Å². The molecule has 0 atom stereocenters. The number of nitro groups is 1. The summed E-state index contributed by atoms with van der Waals surface area (Å²) in [6.45, 7) is 4.10. The molecule has 1 amide bonds.